The molecule has 13 heavy (non-hydrogen) atoms. The van der Waals surface area contributed by atoms with E-state index in [-0.39, 0.29) is 4.47 Å². The van der Waals surface area contributed by atoms with Crippen molar-refractivity contribution in [3.8, 4) is 11.5 Å². The average molecular weight is 257 g/mol. The first kappa shape index (κ1) is 10.2. The summed E-state index contributed by atoms with van der Waals surface area (Å²) in [5, 5.41) is 17.9. The van der Waals surface area contributed by atoms with Crippen molar-refractivity contribution < 1.29 is 23.4 Å². The highest BCUT2D eigenvalue weighted by atomic mass is 79.9. The van der Waals surface area contributed by atoms with E-state index in [0.29, 0.717) is 12.1 Å². The lowest BCUT2D eigenvalue weighted by Crippen LogP contribution is -2.04. The van der Waals surface area contributed by atoms with Gasteiger partial charge in [0.15, 0.2) is 0 Å². The molecule has 0 radical (unpaired) electrons. The average Bonchev–Trinajstić information content (AvgIpc) is 1.97. The standard InChI is InChI=1S/C7H4BrF3O2/c8-6-4(12)1-3(2-5(6)13)7(9,10)11/h1-2,12-13H. The molecule has 0 atom stereocenters. The third-order valence-electron chi connectivity index (χ3n) is 1.36. The zero-order valence-corrected chi connectivity index (χ0v) is 7.65. The van der Waals surface area contributed by atoms with Crippen molar-refractivity contribution in [2.45, 2.75) is 6.18 Å². The minimum Gasteiger partial charge on any atom is -0.507 e. The van der Waals surface area contributed by atoms with Crippen molar-refractivity contribution in [3.63, 3.8) is 0 Å². The number of hydrogen-bond acceptors (Lipinski definition) is 2. The summed E-state index contributed by atoms with van der Waals surface area (Å²) in [6, 6.07) is 1.06. The second-order valence-corrected chi connectivity index (χ2v) is 3.12. The lowest BCUT2D eigenvalue weighted by atomic mass is 10.2. The third-order valence-corrected chi connectivity index (χ3v) is 2.17. The quantitative estimate of drug-likeness (QED) is 0.750. The summed E-state index contributed by atoms with van der Waals surface area (Å²) in [5.74, 6) is -1.29. The minimum absolute atomic E-state index is 0.152. The lowest BCUT2D eigenvalue weighted by molar-refractivity contribution is -0.137. The molecule has 2 nitrogen and oxygen atoms in total. The minimum atomic E-state index is -4.57. The van der Waals surface area contributed by atoms with Crippen molar-refractivity contribution in [2.75, 3.05) is 0 Å². The van der Waals surface area contributed by atoms with Gasteiger partial charge in [-0.2, -0.15) is 13.2 Å². The number of rotatable bonds is 0. The van der Waals surface area contributed by atoms with Crippen LogP contribution in [0.5, 0.6) is 11.5 Å². The normalized spacial score (nSPS) is 11.7. The molecule has 0 saturated carbocycles. The molecule has 72 valence electrons. The van der Waals surface area contributed by atoms with E-state index in [1.165, 1.54) is 0 Å². The van der Waals surface area contributed by atoms with Crippen LogP contribution in [-0.2, 0) is 6.18 Å². The number of hydrogen-bond donors (Lipinski definition) is 2. The predicted molar refractivity (Wildman–Crippen MR) is 42.5 cm³/mol. The fraction of sp³-hybridized carbons (Fsp3) is 0.143. The van der Waals surface area contributed by atoms with Crippen LogP contribution in [0, 0.1) is 0 Å². The van der Waals surface area contributed by atoms with Crippen LogP contribution in [0.1, 0.15) is 5.56 Å². The second-order valence-electron chi connectivity index (χ2n) is 2.33. The van der Waals surface area contributed by atoms with Crippen LogP contribution in [0.25, 0.3) is 0 Å². The molecular weight excluding hydrogens is 253 g/mol. The maximum Gasteiger partial charge on any atom is 0.416 e. The summed E-state index contributed by atoms with van der Waals surface area (Å²) in [6.45, 7) is 0. The molecular formula is C7H4BrF3O2. The number of benzene rings is 1. The molecule has 0 spiro atoms. The van der Waals surface area contributed by atoms with Gasteiger partial charge in [0, 0.05) is 0 Å². The molecule has 0 heterocycles. The highest BCUT2D eigenvalue weighted by Crippen LogP contribution is 2.39. The summed E-state index contributed by atoms with van der Waals surface area (Å²) in [5.41, 5.74) is -1.09. The highest BCUT2D eigenvalue weighted by Gasteiger charge is 2.32. The van der Waals surface area contributed by atoms with Crippen LogP contribution in [0.3, 0.4) is 0 Å². The molecule has 0 aromatic heterocycles. The Kier molecular flexibility index (Phi) is 2.42. The fourth-order valence-electron chi connectivity index (χ4n) is 0.758. The van der Waals surface area contributed by atoms with E-state index in [1.807, 2.05) is 0 Å². The SMILES string of the molecule is Oc1cc(C(F)(F)F)cc(O)c1Br. The molecule has 0 bridgehead atoms. The number of aromatic hydroxyl groups is 2. The van der Waals surface area contributed by atoms with Gasteiger partial charge in [-0.1, -0.05) is 0 Å². The number of halogens is 4. The lowest BCUT2D eigenvalue weighted by Gasteiger charge is -2.08. The second kappa shape index (κ2) is 3.10. The van der Waals surface area contributed by atoms with E-state index >= 15 is 0 Å². The van der Waals surface area contributed by atoms with Crippen molar-refractivity contribution >= 4 is 15.9 Å². The van der Waals surface area contributed by atoms with Gasteiger partial charge in [0.1, 0.15) is 16.0 Å². The Morgan fingerprint density at radius 1 is 1.08 bits per heavy atom. The fourth-order valence-corrected chi connectivity index (χ4v) is 0.987. The molecule has 0 unspecified atom stereocenters. The predicted octanol–water partition coefficient (Wildman–Crippen LogP) is 2.88. The van der Waals surface area contributed by atoms with Crippen LogP contribution < -0.4 is 0 Å². The van der Waals surface area contributed by atoms with Gasteiger partial charge in [-0.25, -0.2) is 0 Å². The Morgan fingerprint density at radius 3 is 1.77 bits per heavy atom. The Bertz CT molecular complexity index is 312. The molecule has 0 aliphatic carbocycles. The van der Waals surface area contributed by atoms with Gasteiger partial charge in [0.05, 0.1) is 5.56 Å². The molecule has 0 fully saturated rings. The van der Waals surface area contributed by atoms with Crippen molar-refractivity contribution in [3.05, 3.63) is 22.2 Å². The zero-order chi connectivity index (χ0) is 10.2. The van der Waals surface area contributed by atoms with Crippen molar-refractivity contribution in [1.82, 2.24) is 0 Å². The Morgan fingerprint density at radius 2 is 1.46 bits per heavy atom. The molecule has 0 saturated heterocycles. The highest BCUT2D eigenvalue weighted by molar-refractivity contribution is 9.10. The molecule has 0 aliphatic rings. The third kappa shape index (κ3) is 2.06. The van der Waals surface area contributed by atoms with E-state index in [4.69, 9.17) is 10.2 Å². The van der Waals surface area contributed by atoms with Crippen LogP contribution in [0.15, 0.2) is 16.6 Å². The molecule has 6 heteroatoms. The summed E-state index contributed by atoms with van der Waals surface area (Å²) in [7, 11) is 0. The van der Waals surface area contributed by atoms with Crippen LogP contribution in [0.2, 0.25) is 0 Å². The zero-order valence-electron chi connectivity index (χ0n) is 6.06. The van der Waals surface area contributed by atoms with E-state index < -0.39 is 23.2 Å². The first-order valence-electron chi connectivity index (χ1n) is 3.11. The van der Waals surface area contributed by atoms with Crippen LogP contribution in [-0.4, -0.2) is 10.2 Å². The maximum atomic E-state index is 12.0. The van der Waals surface area contributed by atoms with Gasteiger partial charge in [-0.05, 0) is 28.1 Å². The monoisotopic (exact) mass is 256 g/mol. The summed E-state index contributed by atoms with van der Waals surface area (Å²) in [4.78, 5) is 0. The number of phenolic OH excluding ortho intramolecular Hbond substituents is 2. The first-order chi connectivity index (χ1) is 5.82. The topological polar surface area (TPSA) is 40.5 Å². The van der Waals surface area contributed by atoms with Crippen molar-refractivity contribution in [2.24, 2.45) is 0 Å². The number of alkyl halides is 3. The van der Waals surface area contributed by atoms with Gasteiger partial charge in [0.2, 0.25) is 0 Å². The summed E-state index contributed by atoms with van der Waals surface area (Å²) < 4.78 is 36.0. The van der Waals surface area contributed by atoms with E-state index in [0.717, 1.165) is 0 Å². The smallest absolute Gasteiger partial charge is 0.416 e. The Labute approximate surface area is 79.7 Å². The van der Waals surface area contributed by atoms with E-state index in [9.17, 15) is 13.2 Å². The Hall–Kier alpha value is -0.910. The van der Waals surface area contributed by atoms with E-state index in [2.05, 4.69) is 15.9 Å². The summed E-state index contributed by atoms with van der Waals surface area (Å²) >= 11 is 2.71. The molecule has 0 aliphatic heterocycles. The van der Waals surface area contributed by atoms with Crippen molar-refractivity contribution in [1.29, 1.82) is 0 Å². The molecule has 0 amide bonds. The van der Waals surface area contributed by atoms with Gasteiger partial charge >= 0.3 is 6.18 Å². The van der Waals surface area contributed by atoms with Gasteiger partial charge in [-0.15, -0.1) is 0 Å². The Balaban J connectivity index is 3.29. The van der Waals surface area contributed by atoms with Crippen LogP contribution in [0.4, 0.5) is 13.2 Å². The molecule has 1 aromatic rings. The maximum absolute atomic E-state index is 12.0. The summed E-state index contributed by atoms with van der Waals surface area (Å²) in [6.07, 6.45) is -4.57. The number of phenols is 2. The molecule has 1 rings (SSSR count). The molecule has 2 N–H and O–H groups in total. The largest absolute Gasteiger partial charge is 0.507 e. The van der Waals surface area contributed by atoms with Gasteiger partial charge < -0.3 is 10.2 Å². The van der Waals surface area contributed by atoms with Gasteiger partial charge in [-0.3, -0.25) is 0 Å². The first-order valence-corrected chi connectivity index (χ1v) is 3.90. The van der Waals surface area contributed by atoms with Gasteiger partial charge in [0.25, 0.3) is 0 Å². The molecule has 1 aromatic carbocycles. The van der Waals surface area contributed by atoms with Crippen LogP contribution >= 0.6 is 15.9 Å². The van der Waals surface area contributed by atoms with E-state index in [1.54, 1.807) is 0 Å².